The van der Waals surface area contributed by atoms with Crippen LogP contribution in [0.3, 0.4) is 0 Å². The van der Waals surface area contributed by atoms with E-state index in [2.05, 4.69) is 54.7 Å². The fourth-order valence-corrected chi connectivity index (χ4v) is 4.25. The van der Waals surface area contributed by atoms with Gasteiger partial charge in [0.25, 0.3) is 0 Å². The molecule has 0 aliphatic heterocycles. The van der Waals surface area contributed by atoms with E-state index in [1.807, 2.05) is 6.07 Å². The van der Waals surface area contributed by atoms with Crippen molar-refractivity contribution >= 4 is 34.3 Å². The van der Waals surface area contributed by atoms with Crippen molar-refractivity contribution in [2.75, 3.05) is 20.1 Å². The molecule has 0 fully saturated rings. The molecule has 0 amide bonds. The number of nitrogens with zero attached hydrogens (tertiary/aromatic N) is 1. The maximum Gasteiger partial charge on any atom is 0.0931 e. The Balaban J connectivity index is 1.98. The lowest BCUT2D eigenvalue weighted by Crippen LogP contribution is -2.36. The maximum atomic E-state index is 6.10. The Kier molecular flexibility index (Phi) is 6.71. The van der Waals surface area contributed by atoms with Crippen LogP contribution in [-0.4, -0.2) is 31.1 Å². The van der Waals surface area contributed by atoms with Gasteiger partial charge in [0.1, 0.15) is 0 Å². The molecule has 2 rings (SSSR count). The molecule has 0 aliphatic rings. The molecule has 2 nitrogen and oxygen atoms in total. The van der Waals surface area contributed by atoms with Crippen molar-refractivity contribution in [3.05, 3.63) is 43.7 Å². The first-order valence-corrected chi connectivity index (χ1v) is 9.41. The minimum atomic E-state index is 0.257. The van der Waals surface area contributed by atoms with E-state index in [0.29, 0.717) is 6.04 Å². The van der Waals surface area contributed by atoms with Crippen LogP contribution in [0.25, 0.3) is 0 Å². The molecule has 5 heteroatoms. The minimum Gasteiger partial charge on any atom is -0.304 e. The van der Waals surface area contributed by atoms with Gasteiger partial charge in [0.05, 0.1) is 10.4 Å². The zero-order valence-corrected chi connectivity index (χ0v) is 15.2. The molecule has 0 spiro atoms. The normalized spacial score (nSPS) is 14.5. The molecule has 2 heterocycles. The maximum absolute atomic E-state index is 6.10. The lowest BCUT2D eigenvalue weighted by atomic mass is 10.2. The fraction of sp³-hybridized carbons (Fsp3) is 0.500. The van der Waals surface area contributed by atoms with Crippen LogP contribution in [-0.2, 0) is 0 Å². The highest BCUT2D eigenvalue weighted by Gasteiger charge is 2.17. The first-order chi connectivity index (χ1) is 10.1. The highest BCUT2D eigenvalue weighted by atomic mass is 35.5. The molecule has 0 saturated carbocycles. The Morgan fingerprint density at radius 2 is 2.10 bits per heavy atom. The Morgan fingerprint density at radius 3 is 2.67 bits per heavy atom. The van der Waals surface area contributed by atoms with Crippen LogP contribution in [0.5, 0.6) is 0 Å². The monoisotopic (exact) mass is 342 g/mol. The van der Waals surface area contributed by atoms with Gasteiger partial charge in [-0.05, 0) is 44.0 Å². The lowest BCUT2D eigenvalue weighted by Gasteiger charge is -2.25. The molecule has 0 aromatic carbocycles. The molecule has 21 heavy (non-hydrogen) atoms. The second kappa shape index (κ2) is 8.30. The van der Waals surface area contributed by atoms with Crippen LogP contribution in [0.4, 0.5) is 0 Å². The van der Waals surface area contributed by atoms with Gasteiger partial charge in [-0.15, -0.1) is 22.7 Å². The summed E-state index contributed by atoms with van der Waals surface area (Å²) < 4.78 is 0.852. The van der Waals surface area contributed by atoms with Crippen molar-refractivity contribution in [2.24, 2.45) is 0 Å². The summed E-state index contributed by atoms with van der Waals surface area (Å²) in [6, 6.07) is 9.29. The summed E-state index contributed by atoms with van der Waals surface area (Å²) in [6.07, 6.45) is 1.19. The standard InChI is InChI=1S/C16H23ClN2S2/c1-4-12(2)19(3)10-9-18-16(13-6-5-11-20-13)14-7-8-15(17)21-14/h5-8,11-12,16,18H,4,9-10H2,1-3H3. The van der Waals surface area contributed by atoms with Gasteiger partial charge in [0.15, 0.2) is 0 Å². The number of likely N-dealkylation sites (N-methyl/N-ethyl adjacent to an activating group) is 1. The third kappa shape index (κ3) is 4.80. The first-order valence-electron chi connectivity index (χ1n) is 7.34. The number of rotatable bonds is 8. The Labute approximate surface area is 140 Å². The molecule has 0 bridgehead atoms. The van der Waals surface area contributed by atoms with Crippen molar-refractivity contribution in [2.45, 2.75) is 32.4 Å². The molecule has 0 radical (unpaired) electrons. The van der Waals surface area contributed by atoms with Gasteiger partial charge in [-0.2, -0.15) is 0 Å². The fourth-order valence-electron chi connectivity index (χ4n) is 2.20. The Morgan fingerprint density at radius 1 is 1.29 bits per heavy atom. The minimum absolute atomic E-state index is 0.257. The molecule has 1 N–H and O–H groups in total. The molecule has 2 aromatic rings. The molecule has 2 unspecified atom stereocenters. The molecule has 0 aliphatic carbocycles. The van der Waals surface area contributed by atoms with Gasteiger partial charge in [-0.25, -0.2) is 0 Å². The topological polar surface area (TPSA) is 15.3 Å². The summed E-state index contributed by atoms with van der Waals surface area (Å²) in [5.74, 6) is 0. The summed E-state index contributed by atoms with van der Waals surface area (Å²) in [6.45, 7) is 6.53. The zero-order chi connectivity index (χ0) is 15.2. The Hall–Kier alpha value is -0.390. The molecular formula is C16H23ClN2S2. The van der Waals surface area contributed by atoms with E-state index in [4.69, 9.17) is 11.6 Å². The van der Waals surface area contributed by atoms with Crippen molar-refractivity contribution in [1.82, 2.24) is 10.2 Å². The summed E-state index contributed by atoms with van der Waals surface area (Å²) in [5.41, 5.74) is 0. The lowest BCUT2D eigenvalue weighted by molar-refractivity contribution is 0.250. The van der Waals surface area contributed by atoms with Crippen LogP contribution < -0.4 is 5.32 Å². The quantitative estimate of drug-likeness (QED) is 0.736. The van der Waals surface area contributed by atoms with Gasteiger partial charge in [-0.1, -0.05) is 24.6 Å². The van der Waals surface area contributed by atoms with Crippen molar-refractivity contribution in [3.8, 4) is 0 Å². The van der Waals surface area contributed by atoms with Crippen molar-refractivity contribution < 1.29 is 0 Å². The second-order valence-corrected chi connectivity index (χ2v) is 8.01. The largest absolute Gasteiger partial charge is 0.304 e. The van der Waals surface area contributed by atoms with E-state index >= 15 is 0 Å². The predicted octanol–water partition coefficient (Wildman–Crippen LogP) is 4.87. The summed E-state index contributed by atoms with van der Waals surface area (Å²) >= 11 is 9.55. The number of halogens is 1. The number of nitrogens with one attached hydrogen (secondary N) is 1. The van der Waals surface area contributed by atoms with Crippen LogP contribution in [0.2, 0.25) is 4.34 Å². The van der Waals surface area contributed by atoms with Crippen LogP contribution in [0.1, 0.15) is 36.1 Å². The highest BCUT2D eigenvalue weighted by molar-refractivity contribution is 7.16. The molecule has 116 valence electrons. The van der Waals surface area contributed by atoms with E-state index in [0.717, 1.165) is 17.4 Å². The van der Waals surface area contributed by atoms with Gasteiger partial charge in [0, 0.05) is 28.9 Å². The van der Waals surface area contributed by atoms with Crippen molar-refractivity contribution in [3.63, 3.8) is 0 Å². The second-order valence-electron chi connectivity index (χ2n) is 5.28. The van der Waals surface area contributed by atoms with Crippen LogP contribution in [0.15, 0.2) is 29.6 Å². The van der Waals surface area contributed by atoms with E-state index in [1.54, 1.807) is 22.7 Å². The molecule has 0 saturated heterocycles. The summed E-state index contributed by atoms with van der Waals surface area (Å²) in [7, 11) is 2.19. The van der Waals surface area contributed by atoms with Crippen LogP contribution in [0, 0.1) is 0 Å². The smallest absolute Gasteiger partial charge is 0.0931 e. The van der Waals surface area contributed by atoms with Gasteiger partial charge >= 0.3 is 0 Å². The van der Waals surface area contributed by atoms with E-state index in [-0.39, 0.29) is 6.04 Å². The van der Waals surface area contributed by atoms with Gasteiger partial charge in [-0.3, -0.25) is 0 Å². The molecule has 2 atom stereocenters. The van der Waals surface area contributed by atoms with E-state index in [9.17, 15) is 0 Å². The molecule has 2 aromatic heterocycles. The summed E-state index contributed by atoms with van der Waals surface area (Å²) in [5, 5.41) is 5.81. The average molecular weight is 343 g/mol. The number of hydrogen-bond donors (Lipinski definition) is 1. The first kappa shape index (κ1) is 17.0. The van der Waals surface area contributed by atoms with E-state index < -0.39 is 0 Å². The average Bonchev–Trinajstić information content (AvgIpc) is 3.14. The SMILES string of the molecule is CCC(C)N(C)CCNC(c1cccs1)c1ccc(Cl)s1. The third-order valence-electron chi connectivity index (χ3n) is 3.86. The van der Waals surface area contributed by atoms with Crippen molar-refractivity contribution in [1.29, 1.82) is 0 Å². The zero-order valence-electron chi connectivity index (χ0n) is 12.8. The third-order valence-corrected chi connectivity index (χ3v) is 6.10. The highest BCUT2D eigenvalue weighted by Crippen LogP contribution is 2.32. The van der Waals surface area contributed by atoms with E-state index in [1.165, 1.54) is 16.2 Å². The Bertz CT molecular complexity index is 524. The summed E-state index contributed by atoms with van der Waals surface area (Å²) in [4.78, 5) is 5.04. The molecular weight excluding hydrogens is 320 g/mol. The number of hydrogen-bond acceptors (Lipinski definition) is 4. The van der Waals surface area contributed by atoms with Crippen LogP contribution >= 0.6 is 34.3 Å². The van der Waals surface area contributed by atoms with Gasteiger partial charge < -0.3 is 10.2 Å². The number of thiophene rings is 2. The predicted molar refractivity (Wildman–Crippen MR) is 95.9 cm³/mol. The van der Waals surface area contributed by atoms with Gasteiger partial charge in [0.2, 0.25) is 0 Å².